The van der Waals surface area contributed by atoms with Crippen LogP contribution < -0.4 is 5.73 Å². The molecule has 2 N–H and O–H groups in total. The lowest BCUT2D eigenvalue weighted by atomic mass is 10.1. The van der Waals surface area contributed by atoms with Gasteiger partial charge in [0.25, 0.3) is 0 Å². The number of hydrogen-bond acceptors (Lipinski definition) is 2. The van der Waals surface area contributed by atoms with E-state index < -0.39 is 0 Å². The van der Waals surface area contributed by atoms with E-state index in [2.05, 4.69) is 35.8 Å². The molecule has 1 nitrogen and oxygen atoms in total. The number of rotatable bonds is 1. The first-order valence-electron chi connectivity index (χ1n) is 4.20. The van der Waals surface area contributed by atoms with Gasteiger partial charge in [-0.2, -0.15) is 0 Å². The van der Waals surface area contributed by atoms with Crippen LogP contribution in [-0.2, 0) is 0 Å². The Bertz CT molecular complexity index is 338. The Morgan fingerprint density at radius 2 is 1.85 bits per heavy atom. The minimum Gasteiger partial charge on any atom is -0.399 e. The van der Waals surface area contributed by atoms with E-state index in [0.29, 0.717) is 5.25 Å². The summed E-state index contributed by atoms with van der Waals surface area (Å²) in [6.45, 7) is 0. The molecule has 66 valence electrons. The molecule has 0 bridgehead atoms. The standard InChI is InChI=1S/C11H11NS/c12-10-6-4-9(5-7-10)11-3-1-2-8-13-11/h1-8,11H,12H2. The Balaban J connectivity index is 2.21. The molecule has 0 aromatic heterocycles. The van der Waals surface area contributed by atoms with Gasteiger partial charge in [-0.25, -0.2) is 0 Å². The van der Waals surface area contributed by atoms with Crippen molar-refractivity contribution in [2.24, 2.45) is 0 Å². The smallest absolute Gasteiger partial charge is 0.0521 e. The van der Waals surface area contributed by atoms with E-state index in [-0.39, 0.29) is 0 Å². The van der Waals surface area contributed by atoms with Crippen LogP contribution in [0.4, 0.5) is 5.69 Å². The largest absolute Gasteiger partial charge is 0.399 e. The Hall–Kier alpha value is -1.15. The third-order valence-electron chi connectivity index (χ3n) is 1.97. The molecule has 13 heavy (non-hydrogen) atoms. The first-order valence-corrected chi connectivity index (χ1v) is 5.15. The van der Waals surface area contributed by atoms with E-state index >= 15 is 0 Å². The van der Waals surface area contributed by atoms with Crippen molar-refractivity contribution in [1.29, 1.82) is 0 Å². The lowest BCUT2D eigenvalue weighted by molar-refractivity contribution is 1.23. The van der Waals surface area contributed by atoms with E-state index in [1.54, 1.807) is 0 Å². The summed E-state index contributed by atoms with van der Waals surface area (Å²) in [5, 5.41) is 2.56. The highest BCUT2D eigenvalue weighted by atomic mass is 32.2. The van der Waals surface area contributed by atoms with Gasteiger partial charge in [-0.3, -0.25) is 0 Å². The van der Waals surface area contributed by atoms with Crippen LogP contribution in [0.1, 0.15) is 10.8 Å². The molecule has 1 unspecified atom stereocenters. The molecule has 1 aliphatic heterocycles. The van der Waals surface area contributed by atoms with E-state index in [0.717, 1.165) is 5.69 Å². The van der Waals surface area contributed by atoms with Gasteiger partial charge in [-0.1, -0.05) is 30.4 Å². The molecule has 0 saturated carbocycles. The second-order valence-corrected chi connectivity index (χ2v) is 3.99. The highest BCUT2D eigenvalue weighted by Gasteiger charge is 2.07. The Kier molecular flexibility index (Phi) is 2.41. The third-order valence-corrected chi connectivity index (χ3v) is 3.00. The minimum atomic E-state index is 0.450. The fraction of sp³-hybridized carbons (Fsp3) is 0.0909. The zero-order valence-electron chi connectivity index (χ0n) is 7.18. The topological polar surface area (TPSA) is 26.0 Å². The zero-order valence-corrected chi connectivity index (χ0v) is 8.00. The third kappa shape index (κ3) is 1.95. The van der Waals surface area contributed by atoms with Crippen molar-refractivity contribution >= 4 is 17.4 Å². The Labute approximate surface area is 82.3 Å². The fourth-order valence-electron chi connectivity index (χ4n) is 1.26. The van der Waals surface area contributed by atoms with Gasteiger partial charge in [0.15, 0.2) is 0 Å². The SMILES string of the molecule is Nc1ccc(C2C=CC=CS2)cc1. The van der Waals surface area contributed by atoms with Gasteiger partial charge in [0.1, 0.15) is 0 Å². The van der Waals surface area contributed by atoms with Crippen molar-refractivity contribution in [3.63, 3.8) is 0 Å². The van der Waals surface area contributed by atoms with E-state index in [4.69, 9.17) is 5.73 Å². The first-order chi connectivity index (χ1) is 6.36. The average molecular weight is 189 g/mol. The van der Waals surface area contributed by atoms with Gasteiger partial charge in [0.2, 0.25) is 0 Å². The summed E-state index contributed by atoms with van der Waals surface area (Å²) in [6, 6.07) is 8.05. The Morgan fingerprint density at radius 1 is 1.08 bits per heavy atom. The molecule has 2 rings (SSSR count). The van der Waals surface area contributed by atoms with Crippen LogP contribution in [0.25, 0.3) is 0 Å². The molecule has 0 radical (unpaired) electrons. The predicted octanol–water partition coefficient (Wildman–Crippen LogP) is 3.13. The minimum absolute atomic E-state index is 0.450. The molecule has 1 aromatic carbocycles. The highest BCUT2D eigenvalue weighted by Crippen LogP contribution is 2.33. The monoisotopic (exact) mass is 189 g/mol. The van der Waals surface area contributed by atoms with Gasteiger partial charge in [-0.05, 0) is 23.1 Å². The van der Waals surface area contributed by atoms with Crippen molar-refractivity contribution < 1.29 is 0 Å². The molecule has 2 heteroatoms. The summed E-state index contributed by atoms with van der Waals surface area (Å²) in [5.41, 5.74) is 7.75. The van der Waals surface area contributed by atoms with Crippen molar-refractivity contribution in [3.8, 4) is 0 Å². The molecular weight excluding hydrogens is 178 g/mol. The summed E-state index contributed by atoms with van der Waals surface area (Å²) in [5.74, 6) is 0. The van der Waals surface area contributed by atoms with Gasteiger partial charge in [-0.15, -0.1) is 11.8 Å². The van der Waals surface area contributed by atoms with Crippen LogP contribution in [0, 0.1) is 0 Å². The summed E-state index contributed by atoms with van der Waals surface area (Å²) < 4.78 is 0. The van der Waals surface area contributed by atoms with Crippen molar-refractivity contribution in [3.05, 3.63) is 53.5 Å². The van der Waals surface area contributed by atoms with Crippen molar-refractivity contribution in [1.82, 2.24) is 0 Å². The molecule has 1 aromatic rings. The van der Waals surface area contributed by atoms with Crippen LogP contribution >= 0.6 is 11.8 Å². The highest BCUT2D eigenvalue weighted by molar-refractivity contribution is 8.02. The molecule has 0 aliphatic carbocycles. The predicted molar refractivity (Wildman–Crippen MR) is 59.5 cm³/mol. The maximum absolute atomic E-state index is 5.62. The average Bonchev–Trinajstić information content (AvgIpc) is 2.20. The number of thioether (sulfide) groups is 1. The van der Waals surface area contributed by atoms with Gasteiger partial charge >= 0.3 is 0 Å². The summed E-state index contributed by atoms with van der Waals surface area (Å²) in [6.07, 6.45) is 6.33. The molecule has 0 amide bonds. The van der Waals surface area contributed by atoms with Crippen LogP contribution in [-0.4, -0.2) is 0 Å². The lowest BCUT2D eigenvalue weighted by Crippen LogP contribution is -1.91. The molecular formula is C11H11NS. The molecule has 0 saturated heterocycles. The molecule has 1 aliphatic rings. The fourth-order valence-corrected chi connectivity index (χ4v) is 2.11. The second kappa shape index (κ2) is 3.71. The van der Waals surface area contributed by atoms with Crippen LogP contribution in [0.5, 0.6) is 0 Å². The molecule has 1 atom stereocenters. The summed E-state index contributed by atoms with van der Waals surface area (Å²) >= 11 is 1.81. The van der Waals surface area contributed by atoms with Crippen LogP contribution in [0.3, 0.4) is 0 Å². The molecule has 1 heterocycles. The number of nitrogens with two attached hydrogens (primary N) is 1. The van der Waals surface area contributed by atoms with E-state index in [1.165, 1.54) is 5.56 Å². The second-order valence-electron chi connectivity index (χ2n) is 2.94. The summed E-state index contributed by atoms with van der Waals surface area (Å²) in [4.78, 5) is 0. The number of allylic oxidation sites excluding steroid dienone is 2. The lowest BCUT2D eigenvalue weighted by Gasteiger charge is -2.12. The number of anilines is 1. The van der Waals surface area contributed by atoms with Crippen LogP contribution in [0.15, 0.2) is 47.9 Å². The van der Waals surface area contributed by atoms with E-state index in [9.17, 15) is 0 Å². The quantitative estimate of drug-likeness (QED) is 0.687. The van der Waals surface area contributed by atoms with Crippen LogP contribution in [0.2, 0.25) is 0 Å². The molecule has 0 fully saturated rings. The number of benzene rings is 1. The first kappa shape index (κ1) is 8.45. The maximum Gasteiger partial charge on any atom is 0.0521 e. The van der Waals surface area contributed by atoms with Gasteiger partial charge in [0.05, 0.1) is 5.25 Å². The Morgan fingerprint density at radius 3 is 2.46 bits per heavy atom. The zero-order chi connectivity index (χ0) is 9.10. The number of nitrogen functional groups attached to an aromatic ring is 1. The van der Waals surface area contributed by atoms with Gasteiger partial charge < -0.3 is 5.73 Å². The number of hydrogen-bond donors (Lipinski definition) is 1. The molecule has 0 spiro atoms. The summed E-state index contributed by atoms with van der Waals surface area (Å²) in [7, 11) is 0. The normalized spacial score (nSPS) is 20.5. The maximum atomic E-state index is 5.62. The van der Waals surface area contributed by atoms with E-state index in [1.807, 2.05) is 23.9 Å². The van der Waals surface area contributed by atoms with Crippen molar-refractivity contribution in [2.75, 3.05) is 5.73 Å². The van der Waals surface area contributed by atoms with Gasteiger partial charge in [0, 0.05) is 5.69 Å². The van der Waals surface area contributed by atoms with Crippen molar-refractivity contribution in [2.45, 2.75) is 5.25 Å².